The molecule has 0 saturated carbocycles. The van der Waals surface area contributed by atoms with Crippen molar-refractivity contribution in [2.45, 2.75) is 26.9 Å². The molecule has 0 aliphatic rings. The zero-order chi connectivity index (χ0) is 15.2. The molecule has 0 bridgehead atoms. The molecule has 1 heterocycles. The molecule has 2 rings (SSSR count). The number of ether oxygens (including phenoxy) is 2. The SMILES string of the molecule is CCOc1c(Br)cc(CNCc2csc(C)n2)cc1OC. The van der Waals surface area contributed by atoms with E-state index in [0.29, 0.717) is 6.61 Å². The highest BCUT2D eigenvalue weighted by molar-refractivity contribution is 9.10. The molecule has 1 aromatic carbocycles. The lowest BCUT2D eigenvalue weighted by Crippen LogP contribution is -2.13. The Kier molecular flexibility index (Phi) is 6.02. The summed E-state index contributed by atoms with van der Waals surface area (Å²) in [5.74, 6) is 1.49. The van der Waals surface area contributed by atoms with Crippen molar-refractivity contribution in [2.24, 2.45) is 0 Å². The number of aryl methyl sites for hydroxylation is 1. The lowest BCUT2D eigenvalue weighted by molar-refractivity contribution is 0.308. The summed E-state index contributed by atoms with van der Waals surface area (Å²) in [6.07, 6.45) is 0. The first-order chi connectivity index (χ1) is 10.1. The second-order valence-corrected chi connectivity index (χ2v) is 6.42. The van der Waals surface area contributed by atoms with Crippen molar-refractivity contribution in [3.05, 3.63) is 38.3 Å². The Balaban J connectivity index is 2.01. The minimum atomic E-state index is 0.607. The summed E-state index contributed by atoms with van der Waals surface area (Å²) in [5.41, 5.74) is 2.21. The summed E-state index contributed by atoms with van der Waals surface area (Å²) in [6.45, 7) is 6.09. The standard InChI is InChI=1S/C15H19BrN2O2S/c1-4-20-15-13(16)5-11(6-14(15)19-3)7-17-8-12-9-21-10(2)18-12/h5-6,9,17H,4,7-8H2,1-3H3. The molecule has 0 aliphatic carbocycles. The number of benzene rings is 1. The number of hydrogen-bond acceptors (Lipinski definition) is 5. The quantitative estimate of drug-likeness (QED) is 0.802. The summed E-state index contributed by atoms with van der Waals surface area (Å²) in [6, 6.07) is 4.04. The largest absolute Gasteiger partial charge is 0.493 e. The Morgan fingerprint density at radius 1 is 1.33 bits per heavy atom. The average molecular weight is 371 g/mol. The molecule has 21 heavy (non-hydrogen) atoms. The molecular formula is C15H19BrN2O2S. The van der Waals surface area contributed by atoms with Crippen LogP contribution in [0.2, 0.25) is 0 Å². The summed E-state index contributed by atoms with van der Waals surface area (Å²) < 4.78 is 11.9. The molecule has 0 aliphatic heterocycles. The number of nitrogens with one attached hydrogen (secondary N) is 1. The van der Waals surface area contributed by atoms with Gasteiger partial charge < -0.3 is 14.8 Å². The maximum absolute atomic E-state index is 5.59. The summed E-state index contributed by atoms with van der Waals surface area (Å²) in [7, 11) is 1.65. The van der Waals surface area contributed by atoms with E-state index in [1.807, 2.05) is 26.0 Å². The van der Waals surface area contributed by atoms with Gasteiger partial charge in [0.1, 0.15) is 0 Å². The summed E-state index contributed by atoms with van der Waals surface area (Å²) >= 11 is 5.21. The zero-order valence-electron chi connectivity index (χ0n) is 12.4. The molecule has 0 radical (unpaired) electrons. The van der Waals surface area contributed by atoms with Crippen molar-refractivity contribution in [1.82, 2.24) is 10.3 Å². The average Bonchev–Trinajstić information content (AvgIpc) is 2.87. The summed E-state index contributed by atoms with van der Waals surface area (Å²) in [4.78, 5) is 4.43. The van der Waals surface area contributed by atoms with Crippen molar-refractivity contribution in [1.29, 1.82) is 0 Å². The number of aromatic nitrogens is 1. The number of nitrogens with zero attached hydrogens (tertiary/aromatic N) is 1. The van der Waals surface area contributed by atoms with Crippen LogP contribution in [0.5, 0.6) is 11.5 Å². The van der Waals surface area contributed by atoms with E-state index in [9.17, 15) is 0 Å². The van der Waals surface area contributed by atoms with Crippen LogP contribution in [-0.4, -0.2) is 18.7 Å². The van der Waals surface area contributed by atoms with Crippen LogP contribution in [0.4, 0.5) is 0 Å². The van der Waals surface area contributed by atoms with Crippen molar-refractivity contribution < 1.29 is 9.47 Å². The molecule has 0 amide bonds. The predicted molar refractivity (Wildman–Crippen MR) is 89.3 cm³/mol. The Bertz CT molecular complexity index is 601. The number of thiazole rings is 1. The number of methoxy groups -OCH3 is 1. The van der Waals surface area contributed by atoms with Gasteiger partial charge in [-0.15, -0.1) is 11.3 Å². The minimum absolute atomic E-state index is 0.607. The number of hydrogen-bond donors (Lipinski definition) is 1. The first-order valence-electron chi connectivity index (χ1n) is 6.75. The first kappa shape index (κ1) is 16.3. The molecule has 2 aromatic rings. The predicted octanol–water partition coefficient (Wildman–Crippen LogP) is 3.91. The third-order valence-electron chi connectivity index (χ3n) is 2.88. The van der Waals surface area contributed by atoms with Gasteiger partial charge in [0.2, 0.25) is 0 Å². The topological polar surface area (TPSA) is 43.4 Å². The fourth-order valence-electron chi connectivity index (χ4n) is 1.98. The van der Waals surface area contributed by atoms with Crippen molar-refractivity contribution >= 4 is 27.3 Å². The van der Waals surface area contributed by atoms with Gasteiger partial charge in [0.15, 0.2) is 11.5 Å². The van der Waals surface area contributed by atoms with E-state index in [4.69, 9.17) is 9.47 Å². The minimum Gasteiger partial charge on any atom is -0.493 e. The van der Waals surface area contributed by atoms with E-state index in [2.05, 4.69) is 31.6 Å². The maximum atomic E-state index is 5.59. The summed E-state index contributed by atoms with van der Waals surface area (Å²) in [5, 5.41) is 6.56. The van der Waals surface area contributed by atoms with E-state index >= 15 is 0 Å². The van der Waals surface area contributed by atoms with Gasteiger partial charge in [-0.25, -0.2) is 4.98 Å². The molecule has 0 spiro atoms. The Labute approximate surface area is 137 Å². The van der Waals surface area contributed by atoms with Crippen molar-refractivity contribution in [2.75, 3.05) is 13.7 Å². The fourth-order valence-corrected chi connectivity index (χ4v) is 3.20. The molecule has 1 aromatic heterocycles. The molecule has 0 saturated heterocycles. The van der Waals surface area contributed by atoms with E-state index in [0.717, 1.165) is 45.3 Å². The van der Waals surface area contributed by atoms with Gasteiger partial charge in [-0.2, -0.15) is 0 Å². The molecule has 0 atom stereocenters. The van der Waals surface area contributed by atoms with Crippen molar-refractivity contribution in [3.8, 4) is 11.5 Å². The van der Waals surface area contributed by atoms with Crippen LogP contribution >= 0.6 is 27.3 Å². The van der Waals surface area contributed by atoms with Gasteiger partial charge in [0, 0.05) is 18.5 Å². The van der Waals surface area contributed by atoms with Gasteiger partial charge in [0.05, 0.1) is 28.9 Å². The molecule has 0 unspecified atom stereocenters. The number of halogens is 1. The fraction of sp³-hybridized carbons (Fsp3) is 0.400. The van der Waals surface area contributed by atoms with Crippen LogP contribution in [-0.2, 0) is 13.1 Å². The van der Waals surface area contributed by atoms with Gasteiger partial charge >= 0.3 is 0 Å². The van der Waals surface area contributed by atoms with Gasteiger partial charge in [0.25, 0.3) is 0 Å². The highest BCUT2D eigenvalue weighted by Crippen LogP contribution is 2.36. The zero-order valence-corrected chi connectivity index (χ0v) is 14.8. The van der Waals surface area contributed by atoms with Crippen LogP contribution in [0.3, 0.4) is 0 Å². The van der Waals surface area contributed by atoms with Crippen LogP contribution < -0.4 is 14.8 Å². The van der Waals surface area contributed by atoms with Crippen LogP contribution in [0.25, 0.3) is 0 Å². The third kappa shape index (κ3) is 4.43. The monoisotopic (exact) mass is 370 g/mol. The van der Waals surface area contributed by atoms with Gasteiger partial charge in [-0.3, -0.25) is 0 Å². The Hall–Kier alpha value is -1.11. The Morgan fingerprint density at radius 2 is 2.14 bits per heavy atom. The van der Waals surface area contributed by atoms with E-state index in [1.165, 1.54) is 0 Å². The van der Waals surface area contributed by atoms with E-state index in [-0.39, 0.29) is 0 Å². The first-order valence-corrected chi connectivity index (χ1v) is 8.42. The van der Waals surface area contributed by atoms with Gasteiger partial charge in [-0.05, 0) is 47.5 Å². The second-order valence-electron chi connectivity index (χ2n) is 4.50. The second kappa shape index (κ2) is 7.77. The maximum Gasteiger partial charge on any atom is 0.175 e. The third-order valence-corrected chi connectivity index (χ3v) is 4.29. The Morgan fingerprint density at radius 3 is 2.76 bits per heavy atom. The highest BCUT2D eigenvalue weighted by atomic mass is 79.9. The normalized spacial score (nSPS) is 10.7. The van der Waals surface area contributed by atoms with E-state index < -0.39 is 0 Å². The lowest BCUT2D eigenvalue weighted by atomic mass is 10.2. The van der Waals surface area contributed by atoms with Gasteiger partial charge in [-0.1, -0.05) is 0 Å². The molecular weight excluding hydrogens is 352 g/mol. The van der Waals surface area contributed by atoms with Crippen LogP contribution in [0.1, 0.15) is 23.2 Å². The molecule has 6 heteroatoms. The highest BCUT2D eigenvalue weighted by Gasteiger charge is 2.11. The lowest BCUT2D eigenvalue weighted by Gasteiger charge is -2.13. The smallest absolute Gasteiger partial charge is 0.175 e. The molecule has 0 fully saturated rings. The molecule has 1 N–H and O–H groups in total. The number of rotatable bonds is 7. The van der Waals surface area contributed by atoms with Crippen LogP contribution in [0.15, 0.2) is 22.0 Å². The van der Waals surface area contributed by atoms with Crippen molar-refractivity contribution in [3.63, 3.8) is 0 Å². The molecule has 114 valence electrons. The van der Waals surface area contributed by atoms with Crippen LogP contribution in [0, 0.1) is 6.92 Å². The molecule has 4 nitrogen and oxygen atoms in total. The van der Waals surface area contributed by atoms with E-state index in [1.54, 1.807) is 18.4 Å².